The molecule has 2 rings (SSSR count). The molecular formula is C14H11ClF2N2S. The first kappa shape index (κ1) is 14.7. The summed E-state index contributed by atoms with van der Waals surface area (Å²) in [4.78, 5) is 0.136. The van der Waals surface area contributed by atoms with E-state index in [0.717, 1.165) is 12.1 Å². The number of nitrogens with two attached hydrogens (primary N) is 1. The molecule has 2 aromatic carbocycles. The molecule has 20 heavy (non-hydrogen) atoms. The molecule has 0 aromatic heterocycles. The van der Waals surface area contributed by atoms with E-state index in [9.17, 15) is 8.78 Å². The first-order valence-corrected chi connectivity index (χ1v) is 6.49. The van der Waals surface area contributed by atoms with Gasteiger partial charge in [0.15, 0.2) is 0 Å². The lowest BCUT2D eigenvalue weighted by molar-refractivity contribution is 0.595. The summed E-state index contributed by atoms with van der Waals surface area (Å²) in [5.74, 6) is -1.08. The van der Waals surface area contributed by atoms with Crippen LogP contribution in [0, 0.1) is 18.6 Å². The van der Waals surface area contributed by atoms with E-state index >= 15 is 0 Å². The Labute approximate surface area is 125 Å². The monoisotopic (exact) mass is 312 g/mol. The third-order valence-electron chi connectivity index (χ3n) is 2.76. The van der Waals surface area contributed by atoms with E-state index in [2.05, 4.69) is 5.32 Å². The van der Waals surface area contributed by atoms with Gasteiger partial charge in [0.1, 0.15) is 16.6 Å². The molecule has 0 unspecified atom stereocenters. The van der Waals surface area contributed by atoms with Crippen LogP contribution in [0.1, 0.15) is 11.1 Å². The van der Waals surface area contributed by atoms with E-state index in [0.29, 0.717) is 16.3 Å². The third-order valence-corrected chi connectivity index (χ3v) is 3.22. The summed E-state index contributed by atoms with van der Waals surface area (Å²) < 4.78 is 27.3. The zero-order valence-electron chi connectivity index (χ0n) is 10.5. The molecule has 0 amide bonds. The molecule has 0 saturated heterocycles. The zero-order valence-corrected chi connectivity index (χ0v) is 12.1. The van der Waals surface area contributed by atoms with Gasteiger partial charge in [-0.15, -0.1) is 0 Å². The van der Waals surface area contributed by atoms with Crippen molar-refractivity contribution in [3.05, 3.63) is 58.1 Å². The molecule has 104 valence electrons. The molecule has 0 fully saturated rings. The average molecular weight is 313 g/mol. The molecule has 0 aliphatic heterocycles. The second-order valence-electron chi connectivity index (χ2n) is 4.26. The third kappa shape index (κ3) is 3.05. The Morgan fingerprint density at radius 1 is 1.15 bits per heavy atom. The molecule has 0 bridgehead atoms. The van der Waals surface area contributed by atoms with Gasteiger partial charge in [0.25, 0.3) is 0 Å². The van der Waals surface area contributed by atoms with Crippen LogP contribution >= 0.6 is 23.8 Å². The van der Waals surface area contributed by atoms with Crippen LogP contribution in [-0.2, 0) is 0 Å². The number of benzene rings is 2. The number of hydrogen-bond acceptors (Lipinski definition) is 2. The molecule has 0 radical (unpaired) electrons. The van der Waals surface area contributed by atoms with Crippen molar-refractivity contribution in [2.75, 3.05) is 5.32 Å². The Kier molecular flexibility index (Phi) is 4.20. The van der Waals surface area contributed by atoms with Gasteiger partial charge in [-0.2, -0.15) is 0 Å². The molecule has 2 nitrogen and oxygen atoms in total. The smallest absolute Gasteiger partial charge is 0.147 e. The standard InChI is InChI=1S/C14H11ClF2N2S/c1-7-4-11(17)13(6-10(7)16)19-12-5-8(15)2-3-9(12)14(18)20/h2-6,19H,1H3,(H2,18,20). The molecule has 0 aliphatic carbocycles. The van der Waals surface area contributed by atoms with Crippen LogP contribution < -0.4 is 11.1 Å². The van der Waals surface area contributed by atoms with E-state index in [1.54, 1.807) is 18.2 Å². The SMILES string of the molecule is Cc1cc(F)c(Nc2cc(Cl)ccc2C(N)=S)cc1F. The van der Waals surface area contributed by atoms with Crippen molar-refractivity contribution in [3.63, 3.8) is 0 Å². The summed E-state index contributed by atoms with van der Waals surface area (Å²) in [6, 6.07) is 6.98. The van der Waals surface area contributed by atoms with Crippen molar-refractivity contribution in [1.29, 1.82) is 0 Å². The van der Waals surface area contributed by atoms with Crippen LogP contribution in [0.2, 0.25) is 5.02 Å². The maximum Gasteiger partial charge on any atom is 0.147 e. The van der Waals surface area contributed by atoms with Gasteiger partial charge in [-0.05, 0) is 36.8 Å². The van der Waals surface area contributed by atoms with Gasteiger partial charge in [0, 0.05) is 16.7 Å². The molecule has 0 saturated carbocycles. The summed E-state index contributed by atoms with van der Waals surface area (Å²) in [6.45, 7) is 1.49. The number of rotatable bonds is 3. The fourth-order valence-electron chi connectivity index (χ4n) is 1.72. The first-order valence-electron chi connectivity index (χ1n) is 5.70. The highest BCUT2D eigenvalue weighted by molar-refractivity contribution is 7.80. The van der Waals surface area contributed by atoms with Crippen LogP contribution in [0.15, 0.2) is 30.3 Å². The topological polar surface area (TPSA) is 38.0 Å². The van der Waals surface area contributed by atoms with Crippen molar-refractivity contribution in [1.82, 2.24) is 0 Å². The number of anilines is 2. The highest BCUT2D eigenvalue weighted by Gasteiger charge is 2.11. The largest absolute Gasteiger partial charge is 0.389 e. The van der Waals surface area contributed by atoms with Gasteiger partial charge in [-0.1, -0.05) is 23.8 Å². The molecule has 0 atom stereocenters. The number of aryl methyl sites for hydroxylation is 1. The number of thiocarbonyl (C=S) groups is 1. The van der Waals surface area contributed by atoms with E-state index < -0.39 is 11.6 Å². The zero-order chi connectivity index (χ0) is 14.9. The summed E-state index contributed by atoms with van der Waals surface area (Å²) in [6.07, 6.45) is 0. The summed E-state index contributed by atoms with van der Waals surface area (Å²) in [7, 11) is 0. The average Bonchev–Trinajstić information content (AvgIpc) is 2.35. The van der Waals surface area contributed by atoms with Crippen molar-refractivity contribution < 1.29 is 8.78 Å². The first-order chi connectivity index (χ1) is 9.38. The number of hydrogen-bond donors (Lipinski definition) is 2. The van der Waals surface area contributed by atoms with Gasteiger partial charge in [0.2, 0.25) is 0 Å². The Morgan fingerprint density at radius 3 is 2.50 bits per heavy atom. The van der Waals surface area contributed by atoms with Gasteiger partial charge in [-0.3, -0.25) is 0 Å². The normalized spacial score (nSPS) is 10.4. The minimum atomic E-state index is -0.572. The fourth-order valence-corrected chi connectivity index (χ4v) is 2.07. The lowest BCUT2D eigenvalue weighted by Gasteiger charge is -2.13. The van der Waals surface area contributed by atoms with Gasteiger partial charge in [-0.25, -0.2) is 8.78 Å². The van der Waals surface area contributed by atoms with E-state index in [4.69, 9.17) is 29.6 Å². The molecule has 3 N–H and O–H groups in total. The van der Waals surface area contributed by atoms with Crippen LogP contribution in [-0.4, -0.2) is 4.99 Å². The second kappa shape index (κ2) is 5.73. The van der Waals surface area contributed by atoms with Crippen LogP contribution in [0.3, 0.4) is 0 Å². The maximum absolute atomic E-state index is 13.8. The van der Waals surface area contributed by atoms with Crippen molar-refractivity contribution >= 4 is 40.2 Å². The van der Waals surface area contributed by atoms with E-state index in [-0.39, 0.29) is 16.2 Å². The minimum absolute atomic E-state index is 0.00660. The molecule has 0 heterocycles. The Hall–Kier alpha value is -1.72. The highest BCUT2D eigenvalue weighted by atomic mass is 35.5. The lowest BCUT2D eigenvalue weighted by atomic mass is 10.1. The Morgan fingerprint density at radius 2 is 1.85 bits per heavy atom. The summed E-state index contributed by atoms with van der Waals surface area (Å²) in [5, 5.41) is 3.20. The summed E-state index contributed by atoms with van der Waals surface area (Å²) in [5.41, 5.74) is 6.74. The molecule has 2 aromatic rings. The predicted molar refractivity (Wildman–Crippen MR) is 81.7 cm³/mol. The molecule has 6 heteroatoms. The van der Waals surface area contributed by atoms with E-state index in [1.165, 1.54) is 6.92 Å². The highest BCUT2D eigenvalue weighted by Crippen LogP contribution is 2.27. The predicted octanol–water partition coefficient (Wildman–Crippen LogP) is 4.30. The summed E-state index contributed by atoms with van der Waals surface area (Å²) >= 11 is 10.8. The second-order valence-corrected chi connectivity index (χ2v) is 5.14. The molecule has 0 aliphatic rings. The van der Waals surface area contributed by atoms with Crippen molar-refractivity contribution in [3.8, 4) is 0 Å². The van der Waals surface area contributed by atoms with E-state index in [1.807, 2.05) is 0 Å². The Bertz CT molecular complexity index is 689. The number of nitrogens with one attached hydrogen (secondary N) is 1. The van der Waals surface area contributed by atoms with Gasteiger partial charge in [0.05, 0.1) is 11.4 Å². The molecule has 0 spiro atoms. The fraction of sp³-hybridized carbons (Fsp3) is 0.0714. The quantitative estimate of drug-likeness (QED) is 0.830. The van der Waals surface area contributed by atoms with Crippen molar-refractivity contribution in [2.45, 2.75) is 6.92 Å². The lowest BCUT2D eigenvalue weighted by Crippen LogP contribution is -2.12. The maximum atomic E-state index is 13.8. The van der Waals surface area contributed by atoms with Gasteiger partial charge < -0.3 is 11.1 Å². The number of halogens is 3. The molecular weight excluding hydrogens is 302 g/mol. The van der Waals surface area contributed by atoms with Crippen LogP contribution in [0.4, 0.5) is 20.2 Å². The Balaban J connectivity index is 2.47. The minimum Gasteiger partial charge on any atom is -0.389 e. The van der Waals surface area contributed by atoms with Gasteiger partial charge >= 0.3 is 0 Å². The van der Waals surface area contributed by atoms with Crippen molar-refractivity contribution in [2.24, 2.45) is 5.73 Å². The van der Waals surface area contributed by atoms with Crippen LogP contribution in [0.5, 0.6) is 0 Å². The van der Waals surface area contributed by atoms with Crippen LogP contribution in [0.25, 0.3) is 0 Å².